The zero-order chi connectivity index (χ0) is 22.5. The minimum atomic E-state index is -0.0609. The molecule has 2 amide bonds. The van der Waals surface area contributed by atoms with Crippen LogP contribution in [0.2, 0.25) is 0 Å². The Balaban J connectivity index is 1.45. The third-order valence-corrected chi connectivity index (χ3v) is 6.48. The highest BCUT2D eigenvalue weighted by Gasteiger charge is 2.29. The summed E-state index contributed by atoms with van der Waals surface area (Å²) in [5.41, 5.74) is 4.48. The average Bonchev–Trinajstić information content (AvgIpc) is 3.21. The number of nitrogens with one attached hydrogen (secondary N) is 1. The maximum atomic E-state index is 13.4. The Hall–Kier alpha value is -3.05. The van der Waals surface area contributed by atoms with E-state index in [9.17, 15) is 4.79 Å². The lowest BCUT2D eigenvalue weighted by Crippen LogP contribution is -2.48. The summed E-state index contributed by atoms with van der Waals surface area (Å²) in [5, 5.41) is 3.16. The number of benzene rings is 2. The fraction of sp³-hybridized carbons (Fsp3) is 0.370. The van der Waals surface area contributed by atoms with Gasteiger partial charge in [0.15, 0.2) is 0 Å². The lowest BCUT2D eigenvalue weighted by Gasteiger charge is -2.38. The van der Waals surface area contributed by atoms with Crippen LogP contribution in [0, 0.1) is 20.8 Å². The predicted molar refractivity (Wildman–Crippen MR) is 129 cm³/mol. The first-order chi connectivity index (χ1) is 15.5. The average molecular weight is 432 g/mol. The molecule has 1 fully saturated rings. The van der Waals surface area contributed by atoms with Crippen LogP contribution in [0.15, 0.2) is 65.1 Å². The molecule has 4 rings (SSSR count). The summed E-state index contributed by atoms with van der Waals surface area (Å²) >= 11 is 0. The van der Waals surface area contributed by atoms with E-state index < -0.39 is 0 Å². The molecule has 0 aliphatic carbocycles. The first-order valence-electron chi connectivity index (χ1n) is 11.4. The number of furan rings is 1. The van der Waals surface area contributed by atoms with Crippen LogP contribution in [-0.2, 0) is 13.1 Å². The quantitative estimate of drug-likeness (QED) is 0.528. The molecule has 5 nitrogen and oxygen atoms in total. The number of nitrogens with zero attached hydrogens (tertiary/aromatic N) is 2. The summed E-state index contributed by atoms with van der Waals surface area (Å²) in [5.74, 6) is 1.69. The smallest absolute Gasteiger partial charge is 0.322 e. The maximum absolute atomic E-state index is 13.4. The van der Waals surface area contributed by atoms with Crippen molar-refractivity contribution in [3.8, 4) is 0 Å². The van der Waals surface area contributed by atoms with Gasteiger partial charge in [0.2, 0.25) is 0 Å². The van der Waals surface area contributed by atoms with Gasteiger partial charge in [-0.1, -0.05) is 42.5 Å². The van der Waals surface area contributed by atoms with Crippen LogP contribution in [-0.4, -0.2) is 35.0 Å². The molecule has 0 saturated carbocycles. The second-order valence-corrected chi connectivity index (χ2v) is 8.81. The van der Waals surface area contributed by atoms with Gasteiger partial charge in [-0.25, -0.2) is 4.79 Å². The number of rotatable bonds is 6. The van der Waals surface area contributed by atoms with E-state index in [4.69, 9.17) is 4.42 Å². The summed E-state index contributed by atoms with van der Waals surface area (Å²) < 4.78 is 5.82. The number of anilines is 1. The number of likely N-dealkylation sites (tertiary alicyclic amines) is 1. The summed E-state index contributed by atoms with van der Waals surface area (Å²) in [6.45, 7) is 9.44. The Labute approximate surface area is 191 Å². The minimum Gasteiger partial charge on any atom is -0.464 e. The van der Waals surface area contributed by atoms with Crippen LogP contribution in [0.5, 0.6) is 0 Å². The number of hydrogen-bond acceptors (Lipinski definition) is 3. The number of hydrogen-bond donors (Lipinski definition) is 1. The van der Waals surface area contributed by atoms with Crippen LogP contribution < -0.4 is 5.32 Å². The fourth-order valence-electron chi connectivity index (χ4n) is 4.41. The summed E-state index contributed by atoms with van der Waals surface area (Å²) in [6, 6.07) is 20.7. The largest absolute Gasteiger partial charge is 0.464 e. The Morgan fingerprint density at radius 1 is 1.00 bits per heavy atom. The molecule has 3 aromatic rings. The van der Waals surface area contributed by atoms with Crippen LogP contribution in [0.25, 0.3) is 0 Å². The number of carbonyl (C=O) groups is 1. The fourth-order valence-corrected chi connectivity index (χ4v) is 4.41. The molecule has 2 aromatic carbocycles. The van der Waals surface area contributed by atoms with E-state index in [1.807, 2.05) is 43.0 Å². The topological polar surface area (TPSA) is 48.7 Å². The predicted octanol–water partition coefficient (Wildman–Crippen LogP) is 5.90. The Bertz CT molecular complexity index is 1040. The summed E-state index contributed by atoms with van der Waals surface area (Å²) in [6.07, 6.45) is 1.90. The molecule has 0 unspecified atom stereocenters. The molecule has 0 radical (unpaired) electrons. The van der Waals surface area contributed by atoms with Gasteiger partial charge >= 0.3 is 6.03 Å². The van der Waals surface area contributed by atoms with Crippen molar-refractivity contribution in [3.05, 3.63) is 88.9 Å². The Morgan fingerprint density at radius 2 is 1.75 bits per heavy atom. The van der Waals surface area contributed by atoms with E-state index in [1.54, 1.807) is 0 Å². The van der Waals surface area contributed by atoms with E-state index in [2.05, 4.69) is 53.5 Å². The normalized spacial score (nSPS) is 15.0. The lowest BCUT2D eigenvalue weighted by molar-refractivity contribution is 0.115. The molecule has 32 heavy (non-hydrogen) atoms. The van der Waals surface area contributed by atoms with E-state index in [0.29, 0.717) is 6.54 Å². The molecule has 1 N–H and O–H groups in total. The zero-order valence-corrected chi connectivity index (χ0v) is 19.3. The maximum Gasteiger partial charge on any atom is 0.322 e. The van der Waals surface area contributed by atoms with Crippen LogP contribution in [0.3, 0.4) is 0 Å². The van der Waals surface area contributed by atoms with Crippen molar-refractivity contribution in [1.82, 2.24) is 9.80 Å². The summed E-state index contributed by atoms with van der Waals surface area (Å²) in [4.78, 5) is 17.9. The van der Waals surface area contributed by atoms with E-state index >= 15 is 0 Å². The van der Waals surface area contributed by atoms with Crippen LogP contribution in [0.4, 0.5) is 10.5 Å². The second-order valence-electron chi connectivity index (χ2n) is 8.81. The SMILES string of the molecule is Cc1ccc(CN(C(=O)Nc2cccc(C)c2C)C2CCN(Cc3ccccc3)CC2)o1. The number of urea groups is 1. The van der Waals surface area contributed by atoms with E-state index in [-0.39, 0.29) is 12.1 Å². The highest BCUT2D eigenvalue weighted by molar-refractivity contribution is 5.90. The summed E-state index contributed by atoms with van der Waals surface area (Å²) in [7, 11) is 0. The van der Waals surface area contributed by atoms with Gasteiger partial charge in [-0.3, -0.25) is 4.90 Å². The molecule has 1 aliphatic heterocycles. The van der Waals surface area contributed by atoms with Gasteiger partial charge in [0.05, 0.1) is 6.54 Å². The Kier molecular flexibility index (Phi) is 6.96. The molecule has 0 spiro atoms. The van der Waals surface area contributed by atoms with Crippen molar-refractivity contribution in [3.63, 3.8) is 0 Å². The molecule has 1 saturated heterocycles. The van der Waals surface area contributed by atoms with Crippen molar-refractivity contribution >= 4 is 11.7 Å². The molecule has 5 heteroatoms. The lowest BCUT2D eigenvalue weighted by atomic mass is 10.0. The molecule has 0 bridgehead atoms. The highest BCUT2D eigenvalue weighted by Crippen LogP contribution is 2.24. The van der Waals surface area contributed by atoms with Crippen molar-refractivity contribution in [2.24, 2.45) is 0 Å². The van der Waals surface area contributed by atoms with E-state index in [1.165, 1.54) is 11.1 Å². The van der Waals surface area contributed by atoms with Gasteiger partial charge in [-0.15, -0.1) is 0 Å². The molecule has 1 aliphatic rings. The first kappa shape index (κ1) is 22.2. The number of amides is 2. The first-order valence-corrected chi connectivity index (χ1v) is 11.4. The van der Waals surface area contributed by atoms with Crippen molar-refractivity contribution < 1.29 is 9.21 Å². The highest BCUT2D eigenvalue weighted by atomic mass is 16.3. The minimum absolute atomic E-state index is 0.0609. The van der Waals surface area contributed by atoms with Crippen LogP contribution >= 0.6 is 0 Å². The number of piperidine rings is 1. The van der Waals surface area contributed by atoms with Gasteiger partial charge in [0.1, 0.15) is 11.5 Å². The second kappa shape index (κ2) is 10.0. The van der Waals surface area contributed by atoms with Gasteiger partial charge in [0.25, 0.3) is 0 Å². The Morgan fingerprint density at radius 3 is 2.44 bits per heavy atom. The number of aryl methyl sites for hydroxylation is 2. The van der Waals surface area contributed by atoms with E-state index in [0.717, 1.165) is 55.2 Å². The van der Waals surface area contributed by atoms with Crippen molar-refractivity contribution in [2.45, 2.75) is 52.7 Å². The molecular formula is C27H33N3O2. The van der Waals surface area contributed by atoms with Gasteiger partial charge < -0.3 is 14.6 Å². The number of carbonyl (C=O) groups excluding carboxylic acids is 1. The van der Waals surface area contributed by atoms with Gasteiger partial charge in [0, 0.05) is 31.4 Å². The standard InChI is InChI=1S/C27H33N3O2/c1-20-8-7-11-26(22(20)3)28-27(31)30(19-25-13-12-21(2)32-25)24-14-16-29(17-15-24)18-23-9-5-4-6-10-23/h4-13,24H,14-19H2,1-3H3,(H,28,31). The third-order valence-electron chi connectivity index (χ3n) is 6.48. The molecule has 0 atom stereocenters. The van der Waals surface area contributed by atoms with Crippen molar-refractivity contribution in [1.29, 1.82) is 0 Å². The van der Waals surface area contributed by atoms with Gasteiger partial charge in [-0.2, -0.15) is 0 Å². The van der Waals surface area contributed by atoms with Crippen LogP contribution in [0.1, 0.15) is 41.1 Å². The monoisotopic (exact) mass is 431 g/mol. The molecule has 1 aromatic heterocycles. The van der Waals surface area contributed by atoms with Crippen molar-refractivity contribution in [2.75, 3.05) is 18.4 Å². The third kappa shape index (κ3) is 5.40. The zero-order valence-electron chi connectivity index (χ0n) is 19.3. The molecule has 168 valence electrons. The molecular weight excluding hydrogens is 398 g/mol. The molecule has 2 heterocycles. The van der Waals surface area contributed by atoms with Gasteiger partial charge in [-0.05, 0) is 68.5 Å².